The van der Waals surface area contributed by atoms with E-state index in [1.165, 1.54) is 12.3 Å². The Labute approximate surface area is 198 Å². The van der Waals surface area contributed by atoms with E-state index in [1.807, 2.05) is 0 Å². The molecule has 1 heterocycles. The Morgan fingerprint density at radius 2 is 1.88 bits per heavy atom. The quantitative estimate of drug-likeness (QED) is 0.693. The van der Waals surface area contributed by atoms with E-state index in [4.69, 9.17) is 11.6 Å². The summed E-state index contributed by atoms with van der Waals surface area (Å²) >= 11 is 5.78. The molecule has 0 radical (unpaired) electrons. The fraction of sp³-hybridized carbons (Fsp3) is 0.0526. The van der Waals surface area contributed by atoms with E-state index < -0.39 is 5.82 Å². The molecule has 3 aromatic rings. The summed E-state index contributed by atoms with van der Waals surface area (Å²) in [5.41, 5.74) is 1.67. The molecule has 0 spiro atoms. The van der Waals surface area contributed by atoms with Gasteiger partial charge in [-0.25, -0.2) is 9.37 Å². The summed E-state index contributed by atoms with van der Waals surface area (Å²) in [4.78, 5) is 16.5. The van der Waals surface area contributed by atoms with Crippen LogP contribution < -0.4 is 56.7 Å². The second kappa shape index (κ2) is 9.59. The molecule has 3 rings (SSSR count). The van der Waals surface area contributed by atoms with Gasteiger partial charge in [0.25, 0.3) is 5.91 Å². The number of para-hydroxylation sites is 1. The fourth-order valence-corrected chi connectivity index (χ4v) is 2.34. The summed E-state index contributed by atoms with van der Waals surface area (Å²) in [5.74, 6) is -0.456. The Balaban J connectivity index is 0.00000243. The summed E-state index contributed by atoms with van der Waals surface area (Å²) in [6.45, 7) is 1.80. The number of hydrogen-bond acceptors (Lipinski definition) is 2. The maximum Gasteiger partial charge on any atom is 1.00 e. The van der Waals surface area contributed by atoms with Crippen molar-refractivity contribution >= 4 is 34.7 Å². The van der Waals surface area contributed by atoms with E-state index >= 15 is 0 Å². The Morgan fingerprint density at radius 3 is 2.58 bits per heavy atom. The molecule has 0 atom stereocenters. The fourth-order valence-electron chi connectivity index (χ4n) is 2.23. The number of carbonyl (C=O) groups excluding carboxylic acids is 1. The zero-order valence-corrected chi connectivity index (χ0v) is 18.2. The first kappa shape index (κ1) is 21.0. The van der Waals surface area contributed by atoms with Crippen LogP contribution in [0.15, 0.2) is 60.8 Å². The molecule has 0 saturated carbocycles. The monoisotopic (exact) mass is 393 g/mol. The molecule has 2 aromatic carbocycles. The first-order valence-electron chi connectivity index (χ1n) is 7.53. The van der Waals surface area contributed by atoms with Crippen molar-refractivity contribution in [3.05, 3.63) is 88.1 Å². The average Bonchev–Trinajstić information content (AvgIpc) is 2.60. The number of amides is 1. The van der Waals surface area contributed by atoms with Gasteiger partial charge >= 0.3 is 51.4 Å². The topological polar surface area (TPSA) is 56.1 Å². The van der Waals surface area contributed by atoms with Crippen LogP contribution in [0.25, 0.3) is 5.32 Å². The van der Waals surface area contributed by atoms with Crippen LogP contribution in [-0.2, 0) is 0 Å². The molecule has 0 aliphatic rings. The summed E-state index contributed by atoms with van der Waals surface area (Å²) in [7, 11) is 0. The number of benzene rings is 2. The van der Waals surface area contributed by atoms with Crippen LogP contribution in [-0.4, -0.2) is 10.9 Å². The Bertz CT molecular complexity index is 919. The molecular weight excluding hydrogens is 380 g/mol. The molecule has 0 unspecified atom stereocenters. The Kier molecular flexibility index (Phi) is 7.76. The van der Waals surface area contributed by atoms with Gasteiger partial charge in [0.15, 0.2) is 0 Å². The van der Waals surface area contributed by atoms with Crippen LogP contribution in [0, 0.1) is 12.7 Å². The maximum absolute atomic E-state index is 14.0. The minimum Gasteiger partial charge on any atom is -0.655 e. The molecule has 0 aliphatic carbocycles. The molecule has 26 heavy (non-hydrogen) atoms. The minimum atomic E-state index is -0.436. The van der Waals surface area contributed by atoms with E-state index in [0.29, 0.717) is 22.1 Å². The van der Waals surface area contributed by atoms with E-state index in [2.05, 4.69) is 15.6 Å². The van der Waals surface area contributed by atoms with Crippen LogP contribution >= 0.6 is 11.6 Å². The summed E-state index contributed by atoms with van der Waals surface area (Å²) in [6, 6.07) is 14.7. The van der Waals surface area contributed by atoms with Gasteiger partial charge in [-0.15, -0.1) is 5.69 Å². The normalized spacial score (nSPS) is 9.96. The number of carbonyl (C=O) groups is 1. The number of nitrogens with zero attached hydrogens (tertiary/aromatic N) is 2. The third-order valence-electron chi connectivity index (χ3n) is 3.46. The maximum atomic E-state index is 14.0. The number of halogens is 2. The molecule has 4 nitrogen and oxygen atoms in total. The molecule has 126 valence electrons. The number of pyridine rings is 1. The van der Waals surface area contributed by atoms with Crippen molar-refractivity contribution in [2.24, 2.45) is 0 Å². The van der Waals surface area contributed by atoms with Gasteiger partial charge in [-0.2, -0.15) is 0 Å². The second-order valence-corrected chi connectivity index (χ2v) is 5.84. The zero-order chi connectivity index (χ0) is 17.8. The van der Waals surface area contributed by atoms with Gasteiger partial charge < -0.3 is 10.6 Å². The van der Waals surface area contributed by atoms with Gasteiger partial charge in [0.05, 0.1) is 5.02 Å². The first-order chi connectivity index (χ1) is 12.0. The largest absolute Gasteiger partial charge is 1.00 e. The molecular formula is C19H14ClFKN3O. The molecule has 1 amide bonds. The van der Waals surface area contributed by atoms with Crippen molar-refractivity contribution in [3.63, 3.8) is 0 Å². The number of hydrogen-bond donors (Lipinski definition) is 1. The van der Waals surface area contributed by atoms with E-state index in [1.54, 1.807) is 55.5 Å². The standard InChI is InChI=1S/C19H15ClFN3O.K/c1-12-6-8-17(15(21)10-12)23-16-5-3-2-4-14(16)19(25)24-18-9-7-13(20)11-22-18;/h2-11H,1H3,(H2,22,23,24,25);/q;+1/p-1. The van der Waals surface area contributed by atoms with Crippen LogP contribution in [0.2, 0.25) is 5.02 Å². The Morgan fingerprint density at radius 1 is 1.12 bits per heavy atom. The third-order valence-corrected chi connectivity index (χ3v) is 3.69. The number of aryl methyl sites for hydroxylation is 1. The van der Waals surface area contributed by atoms with Crippen molar-refractivity contribution < 1.29 is 60.6 Å². The van der Waals surface area contributed by atoms with Crippen LogP contribution in [0.3, 0.4) is 0 Å². The second-order valence-electron chi connectivity index (χ2n) is 5.40. The summed E-state index contributed by atoms with van der Waals surface area (Å²) in [5, 5.41) is 7.43. The van der Waals surface area contributed by atoms with Crippen molar-refractivity contribution in [1.82, 2.24) is 4.98 Å². The number of rotatable bonds is 4. The van der Waals surface area contributed by atoms with Crippen LogP contribution in [0.5, 0.6) is 0 Å². The average molecular weight is 394 g/mol. The van der Waals surface area contributed by atoms with Crippen molar-refractivity contribution in [3.8, 4) is 0 Å². The summed E-state index contributed by atoms with van der Waals surface area (Å²) in [6.07, 6.45) is 1.44. The van der Waals surface area contributed by atoms with Gasteiger partial charge in [0.1, 0.15) is 11.6 Å². The van der Waals surface area contributed by atoms with Crippen molar-refractivity contribution in [2.75, 3.05) is 5.32 Å². The van der Waals surface area contributed by atoms with E-state index in [9.17, 15) is 9.18 Å². The SMILES string of the molecule is Cc1ccc([N-]c2ccccc2C(=O)Nc2ccc(Cl)cn2)c(F)c1.[K+]. The van der Waals surface area contributed by atoms with E-state index in [0.717, 1.165) is 5.56 Å². The molecule has 1 aromatic heterocycles. The Hall–Kier alpha value is -1.28. The number of aromatic nitrogens is 1. The molecule has 0 aliphatic heterocycles. The minimum absolute atomic E-state index is 0. The van der Waals surface area contributed by atoms with Crippen molar-refractivity contribution in [1.29, 1.82) is 0 Å². The van der Waals surface area contributed by atoms with Gasteiger partial charge in [-0.3, -0.25) is 4.79 Å². The smallest absolute Gasteiger partial charge is 0.655 e. The van der Waals surface area contributed by atoms with E-state index in [-0.39, 0.29) is 63.0 Å². The first-order valence-corrected chi connectivity index (χ1v) is 7.90. The number of nitrogens with one attached hydrogen (secondary N) is 1. The molecule has 0 bridgehead atoms. The van der Waals surface area contributed by atoms with Gasteiger partial charge in [0.2, 0.25) is 0 Å². The molecule has 7 heteroatoms. The van der Waals surface area contributed by atoms with Gasteiger partial charge in [0, 0.05) is 11.8 Å². The van der Waals surface area contributed by atoms with Crippen LogP contribution in [0.1, 0.15) is 15.9 Å². The predicted octanol–water partition coefficient (Wildman–Crippen LogP) is 2.78. The zero-order valence-electron chi connectivity index (χ0n) is 14.3. The molecule has 0 fully saturated rings. The molecule has 0 saturated heterocycles. The number of anilines is 1. The van der Waals surface area contributed by atoms with Crippen LogP contribution in [0.4, 0.5) is 21.6 Å². The van der Waals surface area contributed by atoms with Gasteiger partial charge in [-0.05, 0) is 30.7 Å². The predicted molar refractivity (Wildman–Crippen MR) is 97.5 cm³/mol. The molecule has 1 N–H and O–H groups in total. The van der Waals surface area contributed by atoms with Crippen molar-refractivity contribution in [2.45, 2.75) is 6.92 Å². The van der Waals surface area contributed by atoms with Gasteiger partial charge in [-0.1, -0.05) is 53.7 Å². The summed E-state index contributed by atoms with van der Waals surface area (Å²) < 4.78 is 14.0. The third kappa shape index (κ3) is 5.36.